The first kappa shape index (κ1) is 15.9. The first-order valence-electron chi connectivity index (χ1n) is 11.0. The molecule has 0 saturated carbocycles. The van der Waals surface area contributed by atoms with Crippen LogP contribution in [0.25, 0.3) is 44.8 Å². The summed E-state index contributed by atoms with van der Waals surface area (Å²) in [5, 5.41) is 8.28. The summed E-state index contributed by atoms with van der Waals surface area (Å²) >= 11 is 0. The van der Waals surface area contributed by atoms with E-state index in [1.807, 2.05) is 0 Å². The van der Waals surface area contributed by atoms with Gasteiger partial charge in [0.15, 0.2) is 0 Å². The lowest BCUT2D eigenvalue weighted by molar-refractivity contribution is 0.804. The molecule has 0 heterocycles. The molecule has 5 aromatic rings. The number of allylic oxidation sites excluding steroid dienone is 2. The number of hydrogen-bond donors (Lipinski definition) is 0. The second-order valence-corrected chi connectivity index (χ2v) is 8.90. The molecule has 3 aliphatic carbocycles. The predicted molar refractivity (Wildman–Crippen MR) is 130 cm³/mol. The Morgan fingerprint density at radius 2 is 1.29 bits per heavy atom. The van der Waals surface area contributed by atoms with Crippen molar-refractivity contribution in [2.45, 2.75) is 5.41 Å². The molecule has 0 N–H and O–H groups in total. The summed E-state index contributed by atoms with van der Waals surface area (Å²) in [6.45, 7) is 0. The van der Waals surface area contributed by atoms with Gasteiger partial charge in [-0.15, -0.1) is 0 Å². The van der Waals surface area contributed by atoms with Gasteiger partial charge in [0.25, 0.3) is 0 Å². The Morgan fingerprint density at radius 1 is 0.581 bits per heavy atom. The van der Waals surface area contributed by atoms with Crippen molar-refractivity contribution >= 4 is 33.7 Å². The molecule has 0 amide bonds. The summed E-state index contributed by atoms with van der Waals surface area (Å²) in [5.74, 6) is 0. The summed E-state index contributed by atoms with van der Waals surface area (Å²) in [6.07, 6.45) is 9.40. The smallest absolute Gasteiger partial charge is 0.0651 e. The van der Waals surface area contributed by atoms with Crippen molar-refractivity contribution in [3.8, 4) is 11.1 Å². The van der Waals surface area contributed by atoms with Crippen LogP contribution >= 0.6 is 0 Å². The largest absolute Gasteiger partial charge is 0.0659 e. The zero-order valence-electron chi connectivity index (χ0n) is 16.9. The first-order chi connectivity index (χ1) is 15.4. The van der Waals surface area contributed by atoms with Gasteiger partial charge in [-0.1, -0.05) is 103 Å². The van der Waals surface area contributed by atoms with E-state index in [9.17, 15) is 0 Å². The molecule has 0 nitrogen and oxygen atoms in total. The van der Waals surface area contributed by atoms with E-state index in [0.717, 1.165) is 0 Å². The van der Waals surface area contributed by atoms with Gasteiger partial charge in [0, 0.05) is 0 Å². The van der Waals surface area contributed by atoms with Crippen molar-refractivity contribution in [3.63, 3.8) is 0 Å². The fraction of sp³-hybridized carbons (Fsp3) is 0.0323. The molecule has 0 unspecified atom stereocenters. The Kier molecular flexibility index (Phi) is 2.68. The van der Waals surface area contributed by atoms with E-state index in [0.29, 0.717) is 0 Å². The minimum absolute atomic E-state index is 0.261. The molecule has 0 heteroatoms. The lowest BCUT2D eigenvalue weighted by Crippen LogP contribution is -2.34. The topological polar surface area (TPSA) is 0 Å². The maximum Gasteiger partial charge on any atom is 0.0659 e. The highest BCUT2D eigenvalue weighted by Crippen LogP contribution is 2.55. The maximum absolute atomic E-state index is 2.43. The van der Waals surface area contributed by atoms with Crippen molar-refractivity contribution in [1.29, 1.82) is 0 Å². The Hall–Kier alpha value is -3.90. The van der Waals surface area contributed by atoms with Crippen molar-refractivity contribution in [1.82, 2.24) is 0 Å². The average molecular weight is 390 g/mol. The van der Waals surface area contributed by atoms with Gasteiger partial charge < -0.3 is 0 Å². The van der Waals surface area contributed by atoms with E-state index in [1.165, 1.54) is 65.4 Å². The molecule has 31 heavy (non-hydrogen) atoms. The molecule has 0 atom stereocenters. The standard InChI is InChI=1S/C31H18/c1-3-15-26-21(10-1)22-11-2-4-16-27(22)31(26)17-7-14-24-23-12-5-8-19-18-20-9-6-13-25(30(24)31)29(20)28(19)23/h1-18H. The van der Waals surface area contributed by atoms with Gasteiger partial charge in [0.1, 0.15) is 0 Å². The van der Waals surface area contributed by atoms with E-state index in [2.05, 4.69) is 109 Å². The van der Waals surface area contributed by atoms with Crippen LogP contribution in [0.15, 0.2) is 97.1 Å². The molecule has 8 rings (SSSR count). The highest BCUT2D eigenvalue weighted by molar-refractivity contribution is 6.17. The molecule has 0 saturated heterocycles. The molecular formula is C31H18. The number of benzene rings is 5. The van der Waals surface area contributed by atoms with Crippen LogP contribution in [0.1, 0.15) is 22.3 Å². The summed E-state index contributed by atoms with van der Waals surface area (Å²) in [6, 6.07) is 31.5. The molecule has 142 valence electrons. The van der Waals surface area contributed by atoms with Crippen LogP contribution in [-0.4, -0.2) is 0 Å². The third-order valence-corrected chi connectivity index (χ3v) is 7.58. The van der Waals surface area contributed by atoms with Crippen LogP contribution in [0.4, 0.5) is 0 Å². The van der Waals surface area contributed by atoms with E-state index in [-0.39, 0.29) is 5.41 Å². The highest BCUT2D eigenvalue weighted by Gasteiger charge is 2.45. The highest BCUT2D eigenvalue weighted by atomic mass is 14.5. The van der Waals surface area contributed by atoms with Gasteiger partial charge in [-0.05, 0) is 71.4 Å². The second-order valence-electron chi connectivity index (χ2n) is 8.90. The fourth-order valence-corrected chi connectivity index (χ4v) is 6.51. The quantitative estimate of drug-likeness (QED) is 0.288. The maximum atomic E-state index is 2.43. The van der Waals surface area contributed by atoms with Crippen LogP contribution < -0.4 is 10.4 Å². The Balaban J connectivity index is 1.69. The average Bonchev–Trinajstić information content (AvgIpc) is 3.34. The Bertz CT molecular complexity index is 1730. The molecule has 0 fully saturated rings. The SMILES string of the molecule is C1=CC2(c3ccccc3-c3ccccc32)c2c(c3cccc4c3c3c(cccc23)C=4)=C1. The Labute approximate surface area is 180 Å². The van der Waals surface area contributed by atoms with Crippen molar-refractivity contribution in [2.75, 3.05) is 0 Å². The second kappa shape index (κ2) is 5.22. The lowest BCUT2D eigenvalue weighted by Gasteiger charge is -2.34. The fourth-order valence-electron chi connectivity index (χ4n) is 6.51. The van der Waals surface area contributed by atoms with Crippen LogP contribution in [0, 0.1) is 0 Å². The lowest BCUT2D eigenvalue weighted by atomic mass is 9.68. The van der Waals surface area contributed by atoms with Crippen LogP contribution in [-0.2, 0) is 5.41 Å². The van der Waals surface area contributed by atoms with E-state index < -0.39 is 0 Å². The predicted octanol–water partition coefficient (Wildman–Crippen LogP) is 5.80. The monoisotopic (exact) mass is 390 g/mol. The van der Waals surface area contributed by atoms with E-state index >= 15 is 0 Å². The zero-order chi connectivity index (χ0) is 20.2. The zero-order valence-corrected chi connectivity index (χ0v) is 16.9. The summed E-state index contributed by atoms with van der Waals surface area (Å²) in [4.78, 5) is 0. The third kappa shape index (κ3) is 1.68. The summed E-state index contributed by atoms with van der Waals surface area (Å²) in [7, 11) is 0. The number of fused-ring (bicyclic) bond motifs is 9. The molecule has 0 bridgehead atoms. The van der Waals surface area contributed by atoms with Crippen molar-refractivity contribution in [3.05, 3.63) is 130 Å². The molecular weight excluding hydrogens is 372 g/mol. The van der Waals surface area contributed by atoms with Gasteiger partial charge in [-0.3, -0.25) is 0 Å². The third-order valence-electron chi connectivity index (χ3n) is 7.58. The minimum Gasteiger partial charge on any atom is -0.0651 e. The molecule has 3 aliphatic rings. The van der Waals surface area contributed by atoms with Crippen LogP contribution in [0.3, 0.4) is 0 Å². The van der Waals surface area contributed by atoms with Gasteiger partial charge in [-0.2, -0.15) is 0 Å². The van der Waals surface area contributed by atoms with Crippen LogP contribution in [0.5, 0.6) is 0 Å². The molecule has 0 aliphatic heterocycles. The summed E-state index contributed by atoms with van der Waals surface area (Å²) < 4.78 is 0. The van der Waals surface area contributed by atoms with Crippen molar-refractivity contribution < 1.29 is 0 Å². The molecule has 0 aromatic heterocycles. The molecule has 1 spiro atoms. The minimum atomic E-state index is -0.261. The first-order valence-corrected chi connectivity index (χ1v) is 11.0. The number of rotatable bonds is 0. The van der Waals surface area contributed by atoms with E-state index in [1.54, 1.807) is 0 Å². The van der Waals surface area contributed by atoms with Crippen LogP contribution in [0.2, 0.25) is 0 Å². The van der Waals surface area contributed by atoms with E-state index in [4.69, 9.17) is 0 Å². The van der Waals surface area contributed by atoms with Crippen molar-refractivity contribution in [2.24, 2.45) is 0 Å². The van der Waals surface area contributed by atoms with Gasteiger partial charge in [-0.25, -0.2) is 0 Å². The van der Waals surface area contributed by atoms with Gasteiger partial charge in [0.2, 0.25) is 0 Å². The normalized spacial score (nSPS) is 15.7. The number of hydrogen-bond acceptors (Lipinski definition) is 0. The van der Waals surface area contributed by atoms with Gasteiger partial charge in [0.05, 0.1) is 5.41 Å². The molecule has 0 radical (unpaired) electrons. The Morgan fingerprint density at radius 3 is 2.10 bits per heavy atom. The summed E-state index contributed by atoms with van der Waals surface area (Å²) in [5.41, 5.74) is 8.02. The molecule has 5 aromatic carbocycles. The van der Waals surface area contributed by atoms with Gasteiger partial charge >= 0.3 is 0 Å².